The Morgan fingerprint density at radius 3 is 2.77 bits per heavy atom. The molecule has 1 aliphatic carbocycles. The van der Waals surface area contributed by atoms with E-state index in [9.17, 15) is 9.59 Å². The van der Waals surface area contributed by atoms with Gasteiger partial charge >= 0.3 is 5.97 Å². The quantitative estimate of drug-likeness (QED) is 0.662. The summed E-state index contributed by atoms with van der Waals surface area (Å²) >= 11 is 3.42. The van der Waals surface area contributed by atoms with Gasteiger partial charge < -0.3 is 9.64 Å². The molecule has 0 aliphatic heterocycles. The van der Waals surface area contributed by atoms with Gasteiger partial charge in [0.2, 0.25) is 5.91 Å². The van der Waals surface area contributed by atoms with E-state index in [0.29, 0.717) is 25.5 Å². The fourth-order valence-corrected chi connectivity index (χ4v) is 2.77. The standard InChI is InChI=1S/C17H22BrNO3/c1-2-22-17(21)8-9-19(12-13-6-7-13)16(20)11-14-4-3-5-15(18)10-14/h3-5,10,13H,2,6-9,11-12H2,1H3. The predicted octanol–water partition coefficient (Wildman–Crippen LogP) is 3.18. The van der Waals surface area contributed by atoms with Crippen molar-refractivity contribution in [3.05, 3.63) is 34.3 Å². The summed E-state index contributed by atoms with van der Waals surface area (Å²) in [4.78, 5) is 25.8. The number of benzene rings is 1. The monoisotopic (exact) mass is 367 g/mol. The molecule has 22 heavy (non-hydrogen) atoms. The molecule has 0 heterocycles. The van der Waals surface area contributed by atoms with Crippen molar-refractivity contribution in [2.75, 3.05) is 19.7 Å². The van der Waals surface area contributed by atoms with Crippen LogP contribution in [-0.2, 0) is 20.7 Å². The van der Waals surface area contributed by atoms with Crippen molar-refractivity contribution in [2.45, 2.75) is 32.6 Å². The van der Waals surface area contributed by atoms with Crippen molar-refractivity contribution in [1.29, 1.82) is 0 Å². The minimum Gasteiger partial charge on any atom is -0.466 e. The molecule has 0 spiro atoms. The highest BCUT2D eigenvalue weighted by atomic mass is 79.9. The maximum Gasteiger partial charge on any atom is 0.307 e. The second kappa shape index (κ2) is 8.32. The van der Waals surface area contributed by atoms with Crippen molar-refractivity contribution in [2.24, 2.45) is 5.92 Å². The van der Waals surface area contributed by atoms with Crippen molar-refractivity contribution in [1.82, 2.24) is 4.90 Å². The van der Waals surface area contributed by atoms with Gasteiger partial charge in [0.25, 0.3) is 0 Å². The Morgan fingerprint density at radius 1 is 1.36 bits per heavy atom. The molecule has 0 unspecified atom stereocenters. The molecule has 1 amide bonds. The molecule has 1 saturated carbocycles. The summed E-state index contributed by atoms with van der Waals surface area (Å²) < 4.78 is 5.91. The van der Waals surface area contributed by atoms with Crippen LogP contribution in [0.5, 0.6) is 0 Å². The first-order valence-electron chi connectivity index (χ1n) is 7.76. The van der Waals surface area contributed by atoms with E-state index in [-0.39, 0.29) is 18.3 Å². The van der Waals surface area contributed by atoms with Crippen LogP contribution >= 0.6 is 15.9 Å². The SMILES string of the molecule is CCOC(=O)CCN(CC1CC1)C(=O)Cc1cccc(Br)c1. The summed E-state index contributed by atoms with van der Waals surface area (Å²) in [6.07, 6.45) is 3.00. The molecule has 0 atom stereocenters. The lowest BCUT2D eigenvalue weighted by molar-refractivity contribution is -0.144. The van der Waals surface area contributed by atoms with Gasteiger partial charge in [-0.3, -0.25) is 9.59 Å². The minimum atomic E-state index is -0.237. The van der Waals surface area contributed by atoms with Gasteiger partial charge in [0.15, 0.2) is 0 Å². The minimum absolute atomic E-state index is 0.0781. The normalized spacial score (nSPS) is 13.7. The van der Waals surface area contributed by atoms with Crippen LogP contribution in [0.15, 0.2) is 28.7 Å². The van der Waals surface area contributed by atoms with Crippen molar-refractivity contribution in [3.8, 4) is 0 Å². The topological polar surface area (TPSA) is 46.6 Å². The first-order chi connectivity index (χ1) is 10.6. The molecule has 0 aromatic heterocycles. The predicted molar refractivity (Wildman–Crippen MR) is 88.4 cm³/mol. The molecule has 1 aromatic rings. The average molecular weight is 368 g/mol. The lowest BCUT2D eigenvalue weighted by Gasteiger charge is -2.22. The molecule has 1 aliphatic rings. The second-order valence-corrected chi connectivity index (χ2v) is 6.56. The van der Waals surface area contributed by atoms with E-state index in [2.05, 4.69) is 15.9 Å². The number of hydrogen-bond donors (Lipinski definition) is 0. The summed E-state index contributed by atoms with van der Waals surface area (Å²) in [7, 11) is 0. The molecule has 0 bridgehead atoms. The number of hydrogen-bond acceptors (Lipinski definition) is 3. The van der Waals surface area contributed by atoms with E-state index >= 15 is 0 Å². The number of carbonyl (C=O) groups is 2. The summed E-state index contributed by atoms with van der Waals surface area (Å²) in [5.74, 6) is 0.446. The van der Waals surface area contributed by atoms with Crippen LogP contribution in [-0.4, -0.2) is 36.5 Å². The molecule has 120 valence electrons. The van der Waals surface area contributed by atoms with E-state index in [0.717, 1.165) is 16.6 Å². The van der Waals surface area contributed by atoms with Crippen LogP contribution in [0.4, 0.5) is 0 Å². The summed E-state index contributed by atoms with van der Waals surface area (Å²) in [6.45, 7) is 3.38. The van der Waals surface area contributed by atoms with Gasteiger partial charge in [0.05, 0.1) is 19.4 Å². The zero-order valence-electron chi connectivity index (χ0n) is 12.9. The Kier molecular flexibility index (Phi) is 6.43. The van der Waals surface area contributed by atoms with E-state index in [1.165, 1.54) is 12.8 Å². The van der Waals surface area contributed by atoms with Gasteiger partial charge in [-0.1, -0.05) is 28.1 Å². The molecule has 0 N–H and O–H groups in total. The second-order valence-electron chi connectivity index (χ2n) is 5.64. The highest BCUT2D eigenvalue weighted by Crippen LogP contribution is 2.30. The Hall–Kier alpha value is -1.36. The Bertz CT molecular complexity index is 528. The fourth-order valence-electron chi connectivity index (χ4n) is 2.32. The Labute approximate surface area is 140 Å². The van der Waals surface area contributed by atoms with Crippen LogP contribution in [0, 0.1) is 5.92 Å². The Balaban J connectivity index is 1.91. The zero-order valence-corrected chi connectivity index (χ0v) is 14.5. The van der Waals surface area contributed by atoms with E-state index in [1.54, 1.807) is 6.92 Å². The lowest BCUT2D eigenvalue weighted by Crippen LogP contribution is -2.36. The van der Waals surface area contributed by atoms with Gasteiger partial charge in [-0.05, 0) is 43.4 Å². The summed E-state index contributed by atoms with van der Waals surface area (Å²) in [5, 5.41) is 0. The number of halogens is 1. The van der Waals surface area contributed by atoms with Crippen LogP contribution in [0.2, 0.25) is 0 Å². The molecular formula is C17H22BrNO3. The number of rotatable bonds is 8. The van der Waals surface area contributed by atoms with Gasteiger partial charge in [-0.25, -0.2) is 0 Å². The number of amides is 1. The Morgan fingerprint density at radius 2 is 2.14 bits per heavy atom. The smallest absolute Gasteiger partial charge is 0.307 e. The van der Waals surface area contributed by atoms with Crippen LogP contribution in [0.1, 0.15) is 31.7 Å². The fraction of sp³-hybridized carbons (Fsp3) is 0.529. The van der Waals surface area contributed by atoms with Crippen LogP contribution < -0.4 is 0 Å². The largest absolute Gasteiger partial charge is 0.466 e. The number of carbonyl (C=O) groups excluding carboxylic acids is 2. The first-order valence-corrected chi connectivity index (χ1v) is 8.55. The average Bonchev–Trinajstić information content (AvgIpc) is 3.27. The van der Waals surface area contributed by atoms with E-state index < -0.39 is 0 Å². The van der Waals surface area contributed by atoms with Gasteiger partial charge in [-0.2, -0.15) is 0 Å². The van der Waals surface area contributed by atoms with Crippen molar-refractivity contribution < 1.29 is 14.3 Å². The highest BCUT2D eigenvalue weighted by molar-refractivity contribution is 9.10. The lowest BCUT2D eigenvalue weighted by atomic mass is 10.1. The van der Waals surface area contributed by atoms with Crippen LogP contribution in [0.25, 0.3) is 0 Å². The first kappa shape index (κ1) is 17.0. The number of esters is 1. The van der Waals surface area contributed by atoms with Crippen molar-refractivity contribution >= 4 is 27.8 Å². The molecule has 1 fully saturated rings. The third kappa shape index (κ3) is 5.79. The number of ether oxygens (including phenoxy) is 1. The molecule has 4 nitrogen and oxygen atoms in total. The maximum atomic E-state index is 12.5. The van der Waals surface area contributed by atoms with Gasteiger partial charge in [-0.15, -0.1) is 0 Å². The van der Waals surface area contributed by atoms with Crippen LogP contribution in [0.3, 0.4) is 0 Å². The molecule has 1 aromatic carbocycles. The van der Waals surface area contributed by atoms with Crippen molar-refractivity contribution in [3.63, 3.8) is 0 Å². The zero-order chi connectivity index (χ0) is 15.9. The molecule has 0 radical (unpaired) electrons. The van der Waals surface area contributed by atoms with E-state index in [4.69, 9.17) is 4.74 Å². The number of nitrogens with zero attached hydrogens (tertiary/aromatic N) is 1. The van der Waals surface area contributed by atoms with E-state index in [1.807, 2.05) is 29.2 Å². The summed E-state index contributed by atoms with van der Waals surface area (Å²) in [6, 6.07) is 7.77. The molecule has 5 heteroatoms. The maximum absolute atomic E-state index is 12.5. The summed E-state index contributed by atoms with van der Waals surface area (Å²) in [5.41, 5.74) is 0.983. The molecular weight excluding hydrogens is 346 g/mol. The third-order valence-corrected chi connectivity index (χ3v) is 4.16. The van der Waals surface area contributed by atoms with Gasteiger partial charge in [0.1, 0.15) is 0 Å². The van der Waals surface area contributed by atoms with Gasteiger partial charge in [0, 0.05) is 17.6 Å². The third-order valence-electron chi connectivity index (χ3n) is 3.66. The molecule has 0 saturated heterocycles. The highest BCUT2D eigenvalue weighted by Gasteiger charge is 2.27. The molecule has 2 rings (SSSR count).